The molecule has 0 aliphatic carbocycles. The Morgan fingerprint density at radius 1 is 0.842 bits per heavy atom. The van der Waals surface area contributed by atoms with Gasteiger partial charge in [-0.3, -0.25) is 4.98 Å². The van der Waals surface area contributed by atoms with E-state index in [4.69, 9.17) is 0 Å². The molecule has 2 aromatic heterocycles. The van der Waals surface area contributed by atoms with Gasteiger partial charge >= 0.3 is 0 Å². The zero-order chi connectivity index (χ0) is 13.1. The Morgan fingerprint density at radius 3 is 2.37 bits per heavy atom. The van der Waals surface area contributed by atoms with Crippen molar-refractivity contribution in [2.45, 2.75) is 0 Å². The van der Waals surface area contributed by atoms with E-state index in [0.29, 0.717) is 0 Å². The van der Waals surface area contributed by atoms with Crippen molar-refractivity contribution >= 4 is 0 Å². The maximum absolute atomic E-state index is 9.98. The SMILES string of the molecule is Oc1ccccc1-c1cccnc1-c1cncnc1. The molecule has 0 fully saturated rings. The molecular formula is C15H11N3O. The molecule has 0 aliphatic heterocycles. The van der Waals surface area contributed by atoms with Crippen LogP contribution in [-0.4, -0.2) is 20.1 Å². The fourth-order valence-corrected chi connectivity index (χ4v) is 1.98. The third-order valence-electron chi connectivity index (χ3n) is 2.84. The van der Waals surface area contributed by atoms with Crippen molar-refractivity contribution in [2.75, 3.05) is 0 Å². The van der Waals surface area contributed by atoms with Crippen molar-refractivity contribution in [3.8, 4) is 28.1 Å². The highest BCUT2D eigenvalue weighted by atomic mass is 16.3. The molecule has 0 saturated heterocycles. The first kappa shape index (κ1) is 11.3. The number of para-hydroxylation sites is 1. The average Bonchev–Trinajstić information content (AvgIpc) is 2.49. The van der Waals surface area contributed by atoms with Gasteiger partial charge in [-0.1, -0.05) is 24.3 Å². The van der Waals surface area contributed by atoms with Gasteiger partial charge in [0.2, 0.25) is 0 Å². The van der Waals surface area contributed by atoms with Crippen LogP contribution in [0.15, 0.2) is 61.3 Å². The third kappa shape index (κ3) is 2.15. The highest BCUT2D eigenvalue weighted by molar-refractivity contribution is 5.82. The van der Waals surface area contributed by atoms with Gasteiger partial charge in [0.1, 0.15) is 12.1 Å². The summed E-state index contributed by atoms with van der Waals surface area (Å²) in [6.45, 7) is 0. The van der Waals surface area contributed by atoms with E-state index in [1.165, 1.54) is 6.33 Å². The predicted octanol–water partition coefficient (Wildman–Crippen LogP) is 2.91. The summed E-state index contributed by atoms with van der Waals surface area (Å²) in [5.41, 5.74) is 3.18. The van der Waals surface area contributed by atoms with E-state index in [1.807, 2.05) is 24.3 Å². The Bertz CT molecular complexity index is 699. The molecule has 19 heavy (non-hydrogen) atoms. The van der Waals surface area contributed by atoms with Crippen molar-refractivity contribution < 1.29 is 5.11 Å². The van der Waals surface area contributed by atoms with Crippen LogP contribution in [0.3, 0.4) is 0 Å². The molecule has 0 radical (unpaired) electrons. The summed E-state index contributed by atoms with van der Waals surface area (Å²) in [5, 5.41) is 9.98. The summed E-state index contributed by atoms with van der Waals surface area (Å²) in [6.07, 6.45) is 6.61. The molecular weight excluding hydrogens is 238 g/mol. The van der Waals surface area contributed by atoms with E-state index in [0.717, 1.165) is 22.4 Å². The molecule has 4 nitrogen and oxygen atoms in total. The lowest BCUT2D eigenvalue weighted by atomic mass is 10.0. The summed E-state index contributed by atoms with van der Waals surface area (Å²) >= 11 is 0. The molecule has 1 aromatic carbocycles. The van der Waals surface area contributed by atoms with Gasteiger partial charge in [0.25, 0.3) is 0 Å². The molecule has 0 spiro atoms. The summed E-state index contributed by atoms with van der Waals surface area (Å²) in [6, 6.07) is 11.0. The van der Waals surface area contributed by atoms with E-state index in [-0.39, 0.29) is 5.75 Å². The molecule has 1 N–H and O–H groups in total. The minimum absolute atomic E-state index is 0.230. The van der Waals surface area contributed by atoms with Gasteiger partial charge in [0, 0.05) is 35.3 Å². The second kappa shape index (κ2) is 4.86. The van der Waals surface area contributed by atoms with Gasteiger partial charge in [-0.05, 0) is 12.1 Å². The van der Waals surface area contributed by atoms with Crippen molar-refractivity contribution in [1.82, 2.24) is 15.0 Å². The Labute approximate surface area is 110 Å². The quantitative estimate of drug-likeness (QED) is 0.758. The van der Waals surface area contributed by atoms with Crippen LogP contribution in [0.1, 0.15) is 0 Å². The topological polar surface area (TPSA) is 58.9 Å². The van der Waals surface area contributed by atoms with Crippen molar-refractivity contribution in [3.63, 3.8) is 0 Å². The lowest BCUT2D eigenvalue weighted by Crippen LogP contribution is -1.90. The monoisotopic (exact) mass is 249 g/mol. The van der Waals surface area contributed by atoms with Crippen LogP contribution in [0.2, 0.25) is 0 Å². The molecule has 3 aromatic rings. The largest absolute Gasteiger partial charge is 0.507 e. The first-order chi connectivity index (χ1) is 9.36. The van der Waals surface area contributed by atoms with Crippen LogP contribution in [0, 0.1) is 0 Å². The second-order valence-electron chi connectivity index (χ2n) is 4.04. The highest BCUT2D eigenvalue weighted by Crippen LogP contribution is 2.34. The number of phenols is 1. The van der Waals surface area contributed by atoms with Crippen molar-refractivity contribution in [3.05, 3.63) is 61.3 Å². The zero-order valence-electron chi connectivity index (χ0n) is 10.1. The first-order valence-corrected chi connectivity index (χ1v) is 5.85. The van der Waals surface area contributed by atoms with Crippen LogP contribution < -0.4 is 0 Å². The van der Waals surface area contributed by atoms with Crippen LogP contribution in [0.5, 0.6) is 5.75 Å². The van der Waals surface area contributed by atoms with Gasteiger partial charge in [0.15, 0.2) is 0 Å². The molecule has 4 heteroatoms. The summed E-state index contributed by atoms with van der Waals surface area (Å²) in [4.78, 5) is 12.4. The standard InChI is InChI=1S/C15H11N3O/c19-14-6-2-1-4-12(14)13-5-3-7-18-15(13)11-8-16-10-17-9-11/h1-10,19H. The van der Waals surface area contributed by atoms with Crippen LogP contribution in [0.4, 0.5) is 0 Å². The smallest absolute Gasteiger partial charge is 0.123 e. The Hall–Kier alpha value is -2.75. The van der Waals surface area contributed by atoms with E-state index < -0.39 is 0 Å². The van der Waals surface area contributed by atoms with E-state index in [9.17, 15) is 5.11 Å². The fourth-order valence-electron chi connectivity index (χ4n) is 1.98. The highest BCUT2D eigenvalue weighted by Gasteiger charge is 2.11. The summed E-state index contributed by atoms with van der Waals surface area (Å²) in [7, 11) is 0. The van der Waals surface area contributed by atoms with Gasteiger partial charge < -0.3 is 5.11 Å². The summed E-state index contributed by atoms with van der Waals surface area (Å²) < 4.78 is 0. The van der Waals surface area contributed by atoms with Crippen molar-refractivity contribution in [2.24, 2.45) is 0 Å². The Kier molecular flexibility index (Phi) is 2.90. The molecule has 92 valence electrons. The molecule has 0 aliphatic rings. The minimum atomic E-state index is 0.230. The lowest BCUT2D eigenvalue weighted by molar-refractivity contribution is 0.477. The number of aromatic nitrogens is 3. The van der Waals surface area contributed by atoms with E-state index in [2.05, 4.69) is 15.0 Å². The van der Waals surface area contributed by atoms with Gasteiger partial charge in [-0.25, -0.2) is 9.97 Å². The van der Waals surface area contributed by atoms with E-state index >= 15 is 0 Å². The predicted molar refractivity (Wildman–Crippen MR) is 72.4 cm³/mol. The molecule has 2 heterocycles. The molecule has 0 amide bonds. The molecule has 3 rings (SSSR count). The van der Waals surface area contributed by atoms with Crippen LogP contribution in [0.25, 0.3) is 22.4 Å². The van der Waals surface area contributed by atoms with Gasteiger partial charge in [-0.15, -0.1) is 0 Å². The zero-order valence-corrected chi connectivity index (χ0v) is 10.1. The minimum Gasteiger partial charge on any atom is -0.507 e. The average molecular weight is 249 g/mol. The molecule has 0 bridgehead atoms. The number of rotatable bonds is 2. The number of aromatic hydroxyl groups is 1. The number of benzene rings is 1. The number of hydrogen-bond donors (Lipinski definition) is 1. The first-order valence-electron chi connectivity index (χ1n) is 5.85. The fraction of sp³-hybridized carbons (Fsp3) is 0. The second-order valence-corrected chi connectivity index (χ2v) is 4.04. The molecule has 0 unspecified atom stereocenters. The number of nitrogens with zero attached hydrogens (tertiary/aromatic N) is 3. The van der Waals surface area contributed by atoms with Crippen LogP contribution >= 0.6 is 0 Å². The van der Waals surface area contributed by atoms with E-state index in [1.54, 1.807) is 30.7 Å². The maximum Gasteiger partial charge on any atom is 0.123 e. The normalized spacial score (nSPS) is 10.3. The number of hydrogen-bond acceptors (Lipinski definition) is 4. The van der Waals surface area contributed by atoms with Crippen LogP contribution in [-0.2, 0) is 0 Å². The Balaban J connectivity index is 2.21. The molecule has 0 atom stereocenters. The van der Waals surface area contributed by atoms with Crippen molar-refractivity contribution in [1.29, 1.82) is 0 Å². The van der Waals surface area contributed by atoms with Gasteiger partial charge in [-0.2, -0.15) is 0 Å². The summed E-state index contributed by atoms with van der Waals surface area (Å²) in [5.74, 6) is 0.230. The number of pyridine rings is 1. The third-order valence-corrected chi connectivity index (χ3v) is 2.84. The maximum atomic E-state index is 9.98. The number of phenolic OH excluding ortho intramolecular Hbond substituents is 1. The lowest BCUT2D eigenvalue weighted by Gasteiger charge is -2.09. The molecule has 0 saturated carbocycles. The van der Waals surface area contributed by atoms with Gasteiger partial charge in [0.05, 0.1) is 5.69 Å². The Morgan fingerprint density at radius 2 is 1.58 bits per heavy atom.